The van der Waals surface area contributed by atoms with Crippen molar-refractivity contribution in [2.75, 3.05) is 0 Å². The maximum absolute atomic E-state index is 13.1. The minimum atomic E-state index is -0.942. The maximum Gasteiger partial charge on any atom is 0.256 e. The lowest BCUT2D eigenvalue weighted by atomic mass is 10.1. The van der Waals surface area contributed by atoms with Crippen molar-refractivity contribution < 1.29 is 18.0 Å². The molecule has 0 bridgehead atoms. The average molecular weight is 330 g/mol. The molecule has 1 amide bonds. The first-order valence-electron chi connectivity index (χ1n) is 5.48. The third kappa shape index (κ3) is 3.01. The Morgan fingerprint density at radius 3 is 2.63 bits per heavy atom. The molecule has 0 aliphatic heterocycles. The zero-order valence-corrected chi connectivity index (χ0v) is 11.5. The molecule has 0 fully saturated rings. The molecule has 6 heteroatoms. The fourth-order valence-electron chi connectivity index (χ4n) is 1.60. The molecular weight excluding hydrogens is 320 g/mol. The summed E-state index contributed by atoms with van der Waals surface area (Å²) in [4.78, 5) is 11.9. The molecule has 1 heterocycles. The van der Waals surface area contributed by atoms with E-state index in [9.17, 15) is 13.6 Å². The lowest BCUT2D eigenvalue weighted by molar-refractivity contribution is 0.0938. The number of nitrogens with one attached hydrogen (secondary N) is 1. The Balaban J connectivity index is 2.13. The summed E-state index contributed by atoms with van der Waals surface area (Å²) in [7, 11) is 0. The molecule has 19 heavy (non-hydrogen) atoms. The van der Waals surface area contributed by atoms with Gasteiger partial charge >= 0.3 is 0 Å². The monoisotopic (exact) mass is 329 g/mol. The Morgan fingerprint density at radius 2 is 2.05 bits per heavy atom. The van der Waals surface area contributed by atoms with E-state index in [0.29, 0.717) is 15.8 Å². The van der Waals surface area contributed by atoms with Crippen LogP contribution in [0.3, 0.4) is 0 Å². The summed E-state index contributed by atoms with van der Waals surface area (Å²) < 4.78 is 31.2. The topological polar surface area (TPSA) is 42.2 Å². The largest absolute Gasteiger partial charge is 0.457 e. The van der Waals surface area contributed by atoms with Crippen LogP contribution in [0.4, 0.5) is 8.78 Å². The van der Waals surface area contributed by atoms with Gasteiger partial charge in [-0.25, -0.2) is 8.78 Å². The summed E-state index contributed by atoms with van der Waals surface area (Å²) in [6, 6.07) is 4.57. The second kappa shape index (κ2) is 5.52. The predicted molar refractivity (Wildman–Crippen MR) is 68.6 cm³/mol. The molecule has 0 saturated carbocycles. The lowest BCUT2D eigenvalue weighted by Gasteiger charge is -2.14. The third-order valence-electron chi connectivity index (χ3n) is 2.65. The molecule has 3 nitrogen and oxygen atoms in total. The molecule has 0 spiro atoms. The van der Waals surface area contributed by atoms with Gasteiger partial charge in [0.1, 0.15) is 0 Å². The van der Waals surface area contributed by atoms with E-state index < -0.39 is 17.7 Å². The standard InChI is InChI=1S/C13H10BrF2NO2/c1-7(8-2-3-10(15)11(16)6-8)17-13(18)9-4-5-19-12(9)14/h2-7H,1H3,(H,17,18). The van der Waals surface area contributed by atoms with Crippen LogP contribution in [0.1, 0.15) is 28.9 Å². The number of amides is 1. The van der Waals surface area contributed by atoms with Crippen molar-refractivity contribution >= 4 is 21.8 Å². The van der Waals surface area contributed by atoms with Crippen molar-refractivity contribution in [3.8, 4) is 0 Å². The van der Waals surface area contributed by atoms with Gasteiger partial charge in [-0.2, -0.15) is 0 Å². The highest BCUT2D eigenvalue weighted by Gasteiger charge is 2.16. The zero-order valence-electron chi connectivity index (χ0n) is 9.91. The molecule has 1 N–H and O–H groups in total. The summed E-state index contributed by atoms with van der Waals surface area (Å²) in [5.41, 5.74) is 0.821. The maximum atomic E-state index is 13.1. The van der Waals surface area contributed by atoms with Crippen molar-refractivity contribution in [1.29, 1.82) is 0 Å². The molecule has 1 aromatic carbocycles. The van der Waals surface area contributed by atoms with Crippen LogP contribution in [0.5, 0.6) is 0 Å². The fraction of sp³-hybridized carbons (Fsp3) is 0.154. The smallest absolute Gasteiger partial charge is 0.256 e. The summed E-state index contributed by atoms with van der Waals surface area (Å²) >= 11 is 3.10. The number of carbonyl (C=O) groups excluding carboxylic acids is 1. The highest BCUT2D eigenvalue weighted by Crippen LogP contribution is 2.20. The Hall–Kier alpha value is -1.69. The van der Waals surface area contributed by atoms with Crippen LogP contribution in [-0.2, 0) is 0 Å². The second-order valence-electron chi connectivity index (χ2n) is 3.98. The Morgan fingerprint density at radius 1 is 1.32 bits per heavy atom. The highest BCUT2D eigenvalue weighted by atomic mass is 79.9. The molecule has 1 unspecified atom stereocenters. The first-order chi connectivity index (χ1) is 8.99. The first kappa shape index (κ1) is 13.7. The lowest BCUT2D eigenvalue weighted by Crippen LogP contribution is -2.26. The number of benzene rings is 1. The van der Waals surface area contributed by atoms with Gasteiger partial charge in [0.15, 0.2) is 16.3 Å². The molecule has 0 radical (unpaired) electrons. The predicted octanol–water partition coefficient (Wildman–Crippen LogP) is 3.81. The summed E-state index contributed by atoms with van der Waals surface area (Å²) in [6.45, 7) is 1.68. The van der Waals surface area contributed by atoms with Gasteiger partial charge in [0.05, 0.1) is 17.9 Å². The van der Waals surface area contributed by atoms with Gasteiger partial charge in [-0.3, -0.25) is 4.79 Å². The van der Waals surface area contributed by atoms with Crippen LogP contribution in [-0.4, -0.2) is 5.91 Å². The van der Waals surface area contributed by atoms with Gasteiger partial charge in [0, 0.05) is 0 Å². The first-order valence-corrected chi connectivity index (χ1v) is 6.27. The van der Waals surface area contributed by atoms with Crippen LogP contribution in [0.25, 0.3) is 0 Å². The van der Waals surface area contributed by atoms with E-state index in [1.54, 1.807) is 6.92 Å². The molecule has 1 atom stereocenters. The minimum Gasteiger partial charge on any atom is -0.457 e. The van der Waals surface area contributed by atoms with Crippen LogP contribution in [0, 0.1) is 11.6 Å². The molecule has 0 saturated heterocycles. The van der Waals surface area contributed by atoms with E-state index in [0.717, 1.165) is 12.1 Å². The average Bonchev–Trinajstić information content (AvgIpc) is 2.79. The van der Waals surface area contributed by atoms with Crippen LogP contribution >= 0.6 is 15.9 Å². The van der Waals surface area contributed by atoms with Gasteiger partial charge in [-0.05, 0) is 46.6 Å². The van der Waals surface area contributed by atoms with Crippen LogP contribution in [0.2, 0.25) is 0 Å². The van der Waals surface area contributed by atoms with Crippen molar-refractivity contribution in [2.45, 2.75) is 13.0 Å². The van der Waals surface area contributed by atoms with Gasteiger partial charge in [0.2, 0.25) is 0 Å². The van der Waals surface area contributed by atoms with E-state index in [1.165, 1.54) is 18.4 Å². The molecule has 0 aliphatic carbocycles. The van der Waals surface area contributed by atoms with E-state index in [4.69, 9.17) is 4.42 Å². The van der Waals surface area contributed by atoms with Gasteiger partial charge in [-0.15, -0.1) is 0 Å². The van der Waals surface area contributed by atoms with E-state index in [-0.39, 0.29) is 5.91 Å². The normalized spacial score (nSPS) is 12.2. The number of hydrogen-bond donors (Lipinski definition) is 1. The molecule has 100 valence electrons. The second-order valence-corrected chi connectivity index (χ2v) is 4.70. The molecular formula is C13H10BrF2NO2. The fourth-order valence-corrected chi connectivity index (χ4v) is 2.02. The Labute approximate surface area is 116 Å². The van der Waals surface area contributed by atoms with Crippen molar-refractivity contribution in [3.05, 3.63) is 58.0 Å². The van der Waals surface area contributed by atoms with Gasteiger partial charge in [0.25, 0.3) is 5.91 Å². The number of halogens is 3. The summed E-state index contributed by atoms with van der Waals surface area (Å²) in [6.07, 6.45) is 1.38. The van der Waals surface area contributed by atoms with Crippen molar-refractivity contribution in [1.82, 2.24) is 5.32 Å². The third-order valence-corrected chi connectivity index (χ3v) is 3.27. The van der Waals surface area contributed by atoms with E-state index in [2.05, 4.69) is 21.2 Å². The summed E-state index contributed by atoms with van der Waals surface area (Å²) in [5, 5.41) is 2.67. The minimum absolute atomic E-state index is 0.322. The van der Waals surface area contributed by atoms with Crippen molar-refractivity contribution in [3.63, 3.8) is 0 Å². The van der Waals surface area contributed by atoms with E-state index in [1.807, 2.05) is 0 Å². The molecule has 2 rings (SSSR count). The Bertz CT molecular complexity index is 612. The van der Waals surface area contributed by atoms with Crippen LogP contribution < -0.4 is 5.32 Å². The number of carbonyl (C=O) groups is 1. The van der Waals surface area contributed by atoms with Gasteiger partial charge < -0.3 is 9.73 Å². The quantitative estimate of drug-likeness (QED) is 0.930. The number of hydrogen-bond acceptors (Lipinski definition) is 2. The van der Waals surface area contributed by atoms with E-state index >= 15 is 0 Å². The molecule has 1 aromatic heterocycles. The number of rotatable bonds is 3. The summed E-state index contributed by atoms with van der Waals surface area (Å²) in [5.74, 6) is -2.22. The molecule has 2 aromatic rings. The zero-order chi connectivity index (χ0) is 14.0. The van der Waals surface area contributed by atoms with Gasteiger partial charge in [-0.1, -0.05) is 6.07 Å². The SMILES string of the molecule is CC(NC(=O)c1ccoc1Br)c1ccc(F)c(F)c1. The van der Waals surface area contributed by atoms with Crippen molar-refractivity contribution in [2.24, 2.45) is 0 Å². The number of furan rings is 1. The van der Waals surface area contributed by atoms with Crippen LogP contribution in [0.15, 0.2) is 39.6 Å². The molecule has 0 aliphatic rings. The Kier molecular flexibility index (Phi) is 3.99. The highest BCUT2D eigenvalue weighted by molar-refractivity contribution is 9.10.